The number of hydrogen-bond acceptors (Lipinski definition) is 6. The summed E-state index contributed by atoms with van der Waals surface area (Å²) in [6.07, 6.45) is 0. The fraction of sp³-hybridized carbons (Fsp3) is 0.238. The predicted molar refractivity (Wildman–Crippen MR) is 113 cm³/mol. The Morgan fingerprint density at radius 3 is 2.66 bits per heavy atom. The first-order valence-corrected chi connectivity index (χ1v) is 10.1. The van der Waals surface area contributed by atoms with Crippen LogP contribution in [0.4, 0.5) is 0 Å². The molecule has 0 fully saturated rings. The zero-order chi connectivity index (χ0) is 21.0. The minimum Gasteiger partial charge on any atom is -0.489 e. The van der Waals surface area contributed by atoms with Gasteiger partial charge in [-0.15, -0.1) is 11.3 Å². The number of esters is 1. The second-order valence-electron chi connectivity index (χ2n) is 6.15. The van der Waals surface area contributed by atoms with E-state index < -0.39 is 11.9 Å². The fourth-order valence-electron chi connectivity index (χ4n) is 3.00. The number of primary amides is 1. The van der Waals surface area contributed by atoms with Crippen LogP contribution in [0.2, 0.25) is 5.02 Å². The molecule has 1 amide bonds. The van der Waals surface area contributed by atoms with E-state index in [0.29, 0.717) is 32.3 Å². The highest BCUT2D eigenvalue weighted by Crippen LogP contribution is 2.37. The third-order valence-electron chi connectivity index (χ3n) is 4.25. The van der Waals surface area contributed by atoms with Gasteiger partial charge in [-0.05, 0) is 42.8 Å². The number of halogens is 1. The number of ether oxygens (including phenoxy) is 3. The minimum atomic E-state index is -0.538. The Labute approximate surface area is 177 Å². The van der Waals surface area contributed by atoms with Gasteiger partial charge in [0.2, 0.25) is 5.91 Å². The van der Waals surface area contributed by atoms with E-state index >= 15 is 0 Å². The first kappa shape index (κ1) is 21.1. The smallest absolute Gasteiger partial charge is 0.348 e. The Bertz CT molecular complexity index is 1060. The highest BCUT2D eigenvalue weighted by Gasteiger charge is 2.22. The van der Waals surface area contributed by atoms with Crippen LogP contribution in [0.1, 0.15) is 38.1 Å². The summed E-state index contributed by atoms with van der Waals surface area (Å²) in [4.78, 5) is 24.5. The van der Waals surface area contributed by atoms with Crippen LogP contribution in [-0.2, 0) is 22.7 Å². The number of carbonyl (C=O) groups is 2. The first-order valence-electron chi connectivity index (χ1n) is 8.87. The Morgan fingerprint density at radius 2 is 1.97 bits per heavy atom. The largest absolute Gasteiger partial charge is 0.489 e. The molecular weight excluding hydrogens is 414 g/mol. The van der Waals surface area contributed by atoms with Gasteiger partial charge < -0.3 is 19.9 Å². The molecule has 0 unspecified atom stereocenters. The van der Waals surface area contributed by atoms with E-state index in [2.05, 4.69) is 0 Å². The summed E-state index contributed by atoms with van der Waals surface area (Å²) in [6.45, 7) is 2.36. The maximum Gasteiger partial charge on any atom is 0.348 e. The van der Waals surface area contributed by atoms with E-state index in [1.807, 2.05) is 12.1 Å². The standard InChI is InChI=1S/C21H20ClNO5S/c1-3-27-21(25)19-15(18-16(22)5-4-6-17(18)29-19)11-28-13-7-8-14(20(23)24)12(9-13)10-26-2/h4-9H,3,10-11H2,1-2H3,(H2,23,24). The van der Waals surface area contributed by atoms with Crippen LogP contribution in [0.25, 0.3) is 10.1 Å². The Hall–Kier alpha value is -2.61. The van der Waals surface area contributed by atoms with Crippen LogP contribution in [0.5, 0.6) is 5.75 Å². The Morgan fingerprint density at radius 1 is 1.17 bits per heavy atom. The van der Waals surface area contributed by atoms with Gasteiger partial charge >= 0.3 is 5.97 Å². The number of nitrogens with two attached hydrogens (primary N) is 1. The lowest BCUT2D eigenvalue weighted by molar-refractivity contribution is 0.0529. The lowest BCUT2D eigenvalue weighted by Gasteiger charge is -2.12. The Balaban J connectivity index is 1.96. The van der Waals surface area contributed by atoms with Gasteiger partial charge in [0.05, 0.1) is 13.2 Å². The van der Waals surface area contributed by atoms with Gasteiger partial charge in [0.15, 0.2) is 0 Å². The number of rotatable bonds is 8. The molecule has 1 aromatic heterocycles. The van der Waals surface area contributed by atoms with E-state index in [4.69, 9.17) is 31.5 Å². The van der Waals surface area contributed by atoms with Gasteiger partial charge in [-0.1, -0.05) is 17.7 Å². The maximum atomic E-state index is 12.4. The normalized spacial score (nSPS) is 10.9. The molecule has 3 rings (SSSR count). The third kappa shape index (κ3) is 4.53. The Kier molecular flexibility index (Phi) is 6.74. The highest BCUT2D eigenvalue weighted by atomic mass is 35.5. The van der Waals surface area contributed by atoms with Gasteiger partial charge in [0, 0.05) is 33.3 Å². The molecule has 2 aromatic carbocycles. The molecule has 0 radical (unpaired) electrons. The number of methoxy groups -OCH3 is 1. The minimum absolute atomic E-state index is 0.111. The molecule has 0 atom stereocenters. The molecule has 152 valence electrons. The summed E-state index contributed by atoms with van der Waals surface area (Å²) in [5.41, 5.74) is 7.07. The van der Waals surface area contributed by atoms with Crippen LogP contribution in [-0.4, -0.2) is 25.6 Å². The van der Waals surface area contributed by atoms with Gasteiger partial charge in [-0.2, -0.15) is 0 Å². The van der Waals surface area contributed by atoms with Crippen molar-refractivity contribution in [2.24, 2.45) is 5.73 Å². The van der Waals surface area contributed by atoms with E-state index in [1.54, 1.807) is 31.2 Å². The number of thiophene rings is 1. The molecule has 0 aliphatic rings. The molecule has 6 nitrogen and oxygen atoms in total. The monoisotopic (exact) mass is 433 g/mol. The topological polar surface area (TPSA) is 87.9 Å². The SMILES string of the molecule is CCOC(=O)c1sc2cccc(Cl)c2c1COc1ccc(C(N)=O)c(COC)c1. The lowest BCUT2D eigenvalue weighted by atomic mass is 10.1. The molecular formula is C21H20ClNO5S. The number of carbonyl (C=O) groups excluding carboxylic acids is 2. The molecule has 0 aliphatic carbocycles. The van der Waals surface area contributed by atoms with Crippen molar-refractivity contribution in [2.45, 2.75) is 20.1 Å². The average molecular weight is 434 g/mol. The molecule has 0 bridgehead atoms. The maximum absolute atomic E-state index is 12.4. The molecule has 0 spiro atoms. The summed E-state index contributed by atoms with van der Waals surface area (Å²) in [5, 5.41) is 1.31. The molecule has 1 heterocycles. The van der Waals surface area contributed by atoms with Gasteiger partial charge in [-0.25, -0.2) is 4.79 Å². The second kappa shape index (κ2) is 9.26. The number of benzene rings is 2. The van der Waals surface area contributed by atoms with E-state index in [9.17, 15) is 9.59 Å². The number of hydrogen-bond donors (Lipinski definition) is 1. The summed E-state index contributed by atoms with van der Waals surface area (Å²) >= 11 is 7.71. The molecule has 2 N–H and O–H groups in total. The van der Waals surface area contributed by atoms with Crippen molar-refractivity contribution in [3.63, 3.8) is 0 Å². The summed E-state index contributed by atoms with van der Waals surface area (Å²) in [6, 6.07) is 10.4. The van der Waals surface area contributed by atoms with Crippen molar-refractivity contribution in [3.8, 4) is 5.75 Å². The van der Waals surface area contributed by atoms with Crippen molar-refractivity contribution in [3.05, 3.63) is 63.0 Å². The van der Waals surface area contributed by atoms with Crippen molar-refractivity contribution in [1.82, 2.24) is 0 Å². The molecule has 0 saturated heterocycles. The fourth-order valence-corrected chi connectivity index (χ4v) is 4.47. The van der Waals surface area contributed by atoms with E-state index in [1.165, 1.54) is 18.4 Å². The van der Waals surface area contributed by atoms with E-state index in [-0.39, 0.29) is 19.8 Å². The van der Waals surface area contributed by atoms with Crippen LogP contribution in [0.3, 0.4) is 0 Å². The average Bonchev–Trinajstić information content (AvgIpc) is 3.07. The van der Waals surface area contributed by atoms with Crippen LogP contribution in [0.15, 0.2) is 36.4 Å². The summed E-state index contributed by atoms with van der Waals surface area (Å²) < 4.78 is 17.1. The molecule has 8 heteroatoms. The zero-order valence-electron chi connectivity index (χ0n) is 16.0. The van der Waals surface area contributed by atoms with E-state index in [0.717, 1.165) is 10.1 Å². The first-order chi connectivity index (χ1) is 14.0. The van der Waals surface area contributed by atoms with Crippen molar-refractivity contribution in [2.75, 3.05) is 13.7 Å². The predicted octanol–water partition coefficient (Wildman–Crippen LogP) is 4.56. The van der Waals surface area contributed by atoms with Gasteiger partial charge in [-0.3, -0.25) is 4.79 Å². The van der Waals surface area contributed by atoms with Gasteiger partial charge in [0.1, 0.15) is 17.2 Å². The molecule has 0 saturated carbocycles. The van der Waals surface area contributed by atoms with Crippen LogP contribution >= 0.6 is 22.9 Å². The van der Waals surface area contributed by atoms with Crippen LogP contribution < -0.4 is 10.5 Å². The number of amides is 1. The number of fused-ring (bicyclic) bond motifs is 1. The molecule has 0 aliphatic heterocycles. The zero-order valence-corrected chi connectivity index (χ0v) is 17.6. The lowest BCUT2D eigenvalue weighted by Crippen LogP contribution is -2.14. The quantitative estimate of drug-likeness (QED) is 0.526. The highest BCUT2D eigenvalue weighted by molar-refractivity contribution is 7.21. The summed E-state index contributed by atoms with van der Waals surface area (Å²) in [7, 11) is 1.53. The van der Waals surface area contributed by atoms with Crippen LogP contribution in [0, 0.1) is 0 Å². The van der Waals surface area contributed by atoms with Gasteiger partial charge in [0.25, 0.3) is 0 Å². The van der Waals surface area contributed by atoms with Crippen molar-refractivity contribution >= 4 is 44.9 Å². The van der Waals surface area contributed by atoms with Crippen molar-refractivity contribution in [1.29, 1.82) is 0 Å². The third-order valence-corrected chi connectivity index (χ3v) is 5.74. The molecule has 3 aromatic rings. The second-order valence-corrected chi connectivity index (χ2v) is 7.61. The summed E-state index contributed by atoms with van der Waals surface area (Å²) in [5.74, 6) is -0.431. The molecule has 29 heavy (non-hydrogen) atoms. The van der Waals surface area contributed by atoms with Crippen molar-refractivity contribution < 1.29 is 23.8 Å².